The molecule has 0 aliphatic heterocycles. The first kappa shape index (κ1) is 11.5. The molecule has 0 fully saturated rings. The molecule has 2 heteroatoms. The highest BCUT2D eigenvalue weighted by Gasteiger charge is 2.06. The molecule has 0 aromatic heterocycles. The highest BCUT2D eigenvalue weighted by Crippen LogP contribution is 2.07. The van der Waals surface area contributed by atoms with Gasteiger partial charge in [-0.25, -0.2) is 4.79 Å². The maximum absolute atomic E-state index is 10.9. The maximum Gasteiger partial charge on any atom is 0.330 e. The molecule has 2 nitrogen and oxygen atoms in total. The van der Waals surface area contributed by atoms with Gasteiger partial charge in [0.1, 0.15) is 0 Å². The van der Waals surface area contributed by atoms with Crippen molar-refractivity contribution in [3.05, 3.63) is 48.6 Å². The summed E-state index contributed by atoms with van der Waals surface area (Å²) >= 11 is 0. The molecule has 0 saturated carbocycles. The van der Waals surface area contributed by atoms with Crippen molar-refractivity contribution in [2.24, 2.45) is 0 Å². The van der Waals surface area contributed by atoms with Crippen LogP contribution in [0.4, 0.5) is 0 Å². The van der Waals surface area contributed by atoms with Crippen molar-refractivity contribution in [2.75, 3.05) is 0 Å². The van der Waals surface area contributed by atoms with Gasteiger partial charge >= 0.3 is 5.97 Å². The van der Waals surface area contributed by atoms with Crippen LogP contribution in [0.1, 0.15) is 18.9 Å². The largest absolute Gasteiger partial charge is 0.460 e. The lowest BCUT2D eigenvalue weighted by Gasteiger charge is -2.11. The fourth-order valence-corrected chi connectivity index (χ4v) is 1.32. The predicted octanol–water partition coefficient (Wildman–Crippen LogP) is 2.74. The number of rotatable bonds is 5. The van der Waals surface area contributed by atoms with Gasteiger partial charge < -0.3 is 4.74 Å². The van der Waals surface area contributed by atoms with E-state index in [1.54, 1.807) is 0 Å². The summed E-state index contributed by atoms with van der Waals surface area (Å²) in [6, 6.07) is 10.2. The number of carbonyl (C=O) groups excluding carboxylic acids is 1. The highest BCUT2D eigenvalue weighted by atomic mass is 16.5. The molecule has 0 aliphatic rings. The molecule has 1 rings (SSSR count). The molecule has 0 heterocycles. The summed E-state index contributed by atoms with van der Waals surface area (Å²) in [4.78, 5) is 10.9. The van der Waals surface area contributed by atoms with Crippen LogP contribution in [0.15, 0.2) is 43.0 Å². The summed E-state index contributed by atoms with van der Waals surface area (Å²) < 4.78 is 5.06. The number of hydrogen-bond donors (Lipinski definition) is 0. The second kappa shape index (κ2) is 6.02. The number of carbonyl (C=O) groups is 1. The van der Waals surface area contributed by atoms with Crippen molar-refractivity contribution in [3.63, 3.8) is 0 Å². The molecule has 1 aromatic carbocycles. The van der Waals surface area contributed by atoms with Gasteiger partial charge in [-0.15, -0.1) is 0 Å². The molecule has 0 amide bonds. The zero-order valence-corrected chi connectivity index (χ0v) is 8.98. The number of benzene rings is 1. The Morgan fingerprint density at radius 3 is 2.73 bits per heavy atom. The van der Waals surface area contributed by atoms with Crippen LogP contribution in [0.25, 0.3) is 0 Å². The van der Waals surface area contributed by atoms with E-state index in [-0.39, 0.29) is 12.1 Å². The van der Waals surface area contributed by atoms with Crippen LogP contribution in [0.2, 0.25) is 0 Å². The Kier molecular flexibility index (Phi) is 4.61. The first-order chi connectivity index (χ1) is 7.22. The summed E-state index contributed by atoms with van der Waals surface area (Å²) in [6.45, 7) is 5.25. The molecule has 1 aromatic rings. The molecule has 0 aliphatic carbocycles. The van der Waals surface area contributed by atoms with Crippen molar-refractivity contribution in [1.29, 1.82) is 0 Å². The minimum absolute atomic E-state index is 0.0595. The summed E-state index contributed by atoms with van der Waals surface area (Å²) in [6.07, 6.45) is 2.89. The third-order valence-electron chi connectivity index (χ3n) is 2.17. The van der Waals surface area contributed by atoms with E-state index in [1.807, 2.05) is 25.1 Å². The average molecular weight is 204 g/mol. The monoisotopic (exact) mass is 204 g/mol. The van der Waals surface area contributed by atoms with Gasteiger partial charge in [-0.05, 0) is 25.3 Å². The third kappa shape index (κ3) is 4.45. The van der Waals surface area contributed by atoms with Gasteiger partial charge in [0.25, 0.3) is 0 Å². The van der Waals surface area contributed by atoms with Crippen LogP contribution >= 0.6 is 0 Å². The van der Waals surface area contributed by atoms with E-state index in [1.165, 1.54) is 11.6 Å². The van der Waals surface area contributed by atoms with E-state index < -0.39 is 0 Å². The number of aryl methyl sites for hydroxylation is 1. The SMILES string of the molecule is C=CC(=O)OC(C)CCc1ccccc1. The molecule has 15 heavy (non-hydrogen) atoms. The number of hydrogen-bond acceptors (Lipinski definition) is 2. The van der Waals surface area contributed by atoms with E-state index in [0.29, 0.717) is 0 Å². The van der Waals surface area contributed by atoms with Gasteiger partial charge in [-0.1, -0.05) is 36.9 Å². The minimum atomic E-state index is -0.351. The topological polar surface area (TPSA) is 26.3 Å². The zero-order chi connectivity index (χ0) is 11.1. The van der Waals surface area contributed by atoms with E-state index in [0.717, 1.165) is 12.8 Å². The standard InChI is InChI=1S/C13H16O2/c1-3-13(14)15-11(2)9-10-12-7-5-4-6-8-12/h3-8,11H,1,9-10H2,2H3. The molecule has 1 unspecified atom stereocenters. The van der Waals surface area contributed by atoms with E-state index in [9.17, 15) is 4.79 Å². The smallest absolute Gasteiger partial charge is 0.330 e. The van der Waals surface area contributed by atoms with Crippen LogP contribution in [0.5, 0.6) is 0 Å². The first-order valence-corrected chi connectivity index (χ1v) is 5.09. The second-order valence-electron chi connectivity index (χ2n) is 3.48. The van der Waals surface area contributed by atoms with Crippen LogP contribution in [-0.2, 0) is 16.0 Å². The quantitative estimate of drug-likeness (QED) is 0.544. The van der Waals surface area contributed by atoms with Crippen molar-refractivity contribution in [1.82, 2.24) is 0 Å². The lowest BCUT2D eigenvalue weighted by atomic mass is 10.1. The Morgan fingerprint density at radius 1 is 1.47 bits per heavy atom. The van der Waals surface area contributed by atoms with Gasteiger partial charge in [0, 0.05) is 6.08 Å². The summed E-state index contributed by atoms with van der Waals surface area (Å²) in [7, 11) is 0. The minimum Gasteiger partial charge on any atom is -0.460 e. The van der Waals surface area contributed by atoms with Gasteiger partial charge in [0.15, 0.2) is 0 Å². The molecular weight excluding hydrogens is 188 g/mol. The van der Waals surface area contributed by atoms with Crippen LogP contribution in [-0.4, -0.2) is 12.1 Å². The maximum atomic E-state index is 10.9. The van der Waals surface area contributed by atoms with Crippen molar-refractivity contribution >= 4 is 5.97 Å². The van der Waals surface area contributed by atoms with Crippen molar-refractivity contribution < 1.29 is 9.53 Å². The fraction of sp³-hybridized carbons (Fsp3) is 0.308. The molecule has 0 N–H and O–H groups in total. The van der Waals surface area contributed by atoms with Crippen molar-refractivity contribution in [3.8, 4) is 0 Å². The normalized spacial score (nSPS) is 11.8. The van der Waals surface area contributed by atoms with Gasteiger partial charge in [0.05, 0.1) is 6.10 Å². The molecule has 0 bridgehead atoms. The summed E-state index contributed by atoms with van der Waals surface area (Å²) in [5.74, 6) is -0.351. The Hall–Kier alpha value is -1.57. The predicted molar refractivity (Wildman–Crippen MR) is 60.5 cm³/mol. The van der Waals surface area contributed by atoms with Crippen molar-refractivity contribution in [2.45, 2.75) is 25.9 Å². The van der Waals surface area contributed by atoms with Gasteiger partial charge in [-0.3, -0.25) is 0 Å². The second-order valence-corrected chi connectivity index (χ2v) is 3.48. The van der Waals surface area contributed by atoms with E-state index in [2.05, 4.69) is 18.7 Å². The highest BCUT2D eigenvalue weighted by molar-refractivity contribution is 5.81. The average Bonchev–Trinajstić information content (AvgIpc) is 2.27. The Bertz CT molecular complexity index is 317. The summed E-state index contributed by atoms with van der Waals surface area (Å²) in [5.41, 5.74) is 1.26. The molecule has 0 spiro atoms. The zero-order valence-electron chi connectivity index (χ0n) is 8.98. The van der Waals surface area contributed by atoms with Crippen LogP contribution in [0.3, 0.4) is 0 Å². The van der Waals surface area contributed by atoms with Gasteiger partial charge in [0.2, 0.25) is 0 Å². The molecule has 0 saturated heterocycles. The Labute approximate surface area is 90.6 Å². The lowest BCUT2D eigenvalue weighted by molar-refractivity contribution is -0.142. The Morgan fingerprint density at radius 2 is 2.13 bits per heavy atom. The van der Waals surface area contributed by atoms with E-state index in [4.69, 9.17) is 4.74 Å². The lowest BCUT2D eigenvalue weighted by Crippen LogP contribution is -2.13. The van der Waals surface area contributed by atoms with Crippen LogP contribution in [0, 0.1) is 0 Å². The Balaban J connectivity index is 2.31. The number of esters is 1. The van der Waals surface area contributed by atoms with Crippen LogP contribution < -0.4 is 0 Å². The third-order valence-corrected chi connectivity index (χ3v) is 2.17. The van der Waals surface area contributed by atoms with Gasteiger partial charge in [-0.2, -0.15) is 0 Å². The molecule has 80 valence electrons. The first-order valence-electron chi connectivity index (χ1n) is 5.09. The molecule has 0 radical (unpaired) electrons. The number of ether oxygens (including phenoxy) is 1. The van der Waals surface area contributed by atoms with E-state index >= 15 is 0 Å². The summed E-state index contributed by atoms with van der Waals surface area (Å²) in [5, 5.41) is 0. The molecular formula is C13H16O2. The molecule has 1 atom stereocenters. The fourth-order valence-electron chi connectivity index (χ4n) is 1.32.